The van der Waals surface area contributed by atoms with Gasteiger partial charge in [-0.1, -0.05) is 86.0 Å². The van der Waals surface area contributed by atoms with Crippen molar-refractivity contribution in [3.63, 3.8) is 0 Å². The summed E-state index contributed by atoms with van der Waals surface area (Å²) < 4.78 is 0. The number of rotatable bonds is 7. The predicted molar refractivity (Wildman–Crippen MR) is 125 cm³/mol. The minimum atomic E-state index is -0.743. The fourth-order valence-electron chi connectivity index (χ4n) is 4.33. The molecule has 4 rings (SSSR count). The average molecular weight is 428 g/mol. The first-order valence-corrected chi connectivity index (χ1v) is 11.3. The second-order valence-corrected chi connectivity index (χ2v) is 8.29. The van der Waals surface area contributed by atoms with Gasteiger partial charge >= 0.3 is 0 Å². The molecule has 164 valence electrons. The molecule has 1 aliphatic rings. The van der Waals surface area contributed by atoms with Crippen LogP contribution in [0.1, 0.15) is 59.8 Å². The molecule has 2 aromatic carbocycles. The van der Waals surface area contributed by atoms with Gasteiger partial charge in [0.1, 0.15) is 11.7 Å². The van der Waals surface area contributed by atoms with Crippen LogP contribution in [0.2, 0.25) is 0 Å². The molecule has 0 aliphatic heterocycles. The quantitative estimate of drug-likeness (QED) is 0.582. The zero-order valence-corrected chi connectivity index (χ0v) is 18.2. The molecule has 0 saturated heterocycles. The SMILES string of the molecule is O=C(NC1CCCCC1)[C@@H](c1ccccc1)N(Cc1ccccc1)C(=O)c1ccccn1. The summed E-state index contributed by atoms with van der Waals surface area (Å²) in [7, 11) is 0. The highest BCUT2D eigenvalue weighted by molar-refractivity contribution is 5.96. The highest BCUT2D eigenvalue weighted by atomic mass is 16.2. The molecule has 0 radical (unpaired) electrons. The van der Waals surface area contributed by atoms with Gasteiger partial charge in [0, 0.05) is 18.8 Å². The van der Waals surface area contributed by atoms with E-state index in [0.29, 0.717) is 12.2 Å². The second kappa shape index (κ2) is 10.7. The number of nitrogens with zero attached hydrogens (tertiary/aromatic N) is 2. The molecule has 1 atom stereocenters. The average Bonchev–Trinajstić information content (AvgIpc) is 2.86. The van der Waals surface area contributed by atoms with Crippen LogP contribution >= 0.6 is 0 Å². The number of carbonyl (C=O) groups is 2. The van der Waals surface area contributed by atoms with Crippen molar-refractivity contribution < 1.29 is 9.59 Å². The van der Waals surface area contributed by atoms with Crippen molar-refractivity contribution >= 4 is 11.8 Å². The number of amides is 2. The minimum Gasteiger partial charge on any atom is -0.351 e. The smallest absolute Gasteiger partial charge is 0.273 e. The normalized spacial score (nSPS) is 15.0. The van der Waals surface area contributed by atoms with Crippen LogP contribution in [-0.2, 0) is 11.3 Å². The van der Waals surface area contributed by atoms with Gasteiger partial charge in [-0.05, 0) is 36.1 Å². The molecule has 0 bridgehead atoms. The van der Waals surface area contributed by atoms with Crippen LogP contribution in [-0.4, -0.2) is 27.7 Å². The lowest BCUT2D eigenvalue weighted by molar-refractivity contribution is -0.127. The van der Waals surface area contributed by atoms with Crippen LogP contribution < -0.4 is 5.32 Å². The first-order valence-electron chi connectivity index (χ1n) is 11.3. The molecule has 3 aromatic rings. The van der Waals surface area contributed by atoms with Gasteiger partial charge in [-0.3, -0.25) is 14.6 Å². The third-order valence-electron chi connectivity index (χ3n) is 5.97. The van der Waals surface area contributed by atoms with Crippen LogP contribution in [0.15, 0.2) is 85.1 Å². The number of benzene rings is 2. The fraction of sp³-hybridized carbons (Fsp3) is 0.296. The van der Waals surface area contributed by atoms with E-state index in [-0.39, 0.29) is 17.9 Å². The lowest BCUT2D eigenvalue weighted by atomic mass is 9.94. The number of pyridine rings is 1. The Bertz CT molecular complexity index is 1000. The van der Waals surface area contributed by atoms with Crippen LogP contribution in [0.25, 0.3) is 0 Å². The number of hydrogen-bond donors (Lipinski definition) is 1. The van der Waals surface area contributed by atoms with E-state index in [0.717, 1.165) is 36.8 Å². The van der Waals surface area contributed by atoms with Crippen molar-refractivity contribution in [2.75, 3.05) is 0 Å². The van der Waals surface area contributed by atoms with Crippen LogP contribution in [0.3, 0.4) is 0 Å². The minimum absolute atomic E-state index is 0.136. The summed E-state index contributed by atoms with van der Waals surface area (Å²) in [5.41, 5.74) is 2.08. The first-order chi connectivity index (χ1) is 15.7. The molecule has 1 saturated carbocycles. The van der Waals surface area contributed by atoms with Crippen molar-refractivity contribution in [1.82, 2.24) is 15.2 Å². The predicted octanol–water partition coefficient (Wildman–Crippen LogP) is 4.91. The third kappa shape index (κ3) is 5.41. The molecule has 5 nitrogen and oxygen atoms in total. The Morgan fingerprint density at radius 1 is 0.875 bits per heavy atom. The van der Waals surface area contributed by atoms with E-state index >= 15 is 0 Å². The van der Waals surface area contributed by atoms with Gasteiger partial charge in [0.2, 0.25) is 5.91 Å². The van der Waals surface area contributed by atoms with E-state index < -0.39 is 6.04 Å². The van der Waals surface area contributed by atoms with Gasteiger partial charge in [0.25, 0.3) is 5.91 Å². The molecular weight excluding hydrogens is 398 g/mol. The second-order valence-electron chi connectivity index (χ2n) is 8.29. The van der Waals surface area contributed by atoms with Gasteiger partial charge < -0.3 is 10.2 Å². The van der Waals surface area contributed by atoms with Crippen molar-refractivity contribution in [2.24, 2.45) is 0 Å². The zero-order chi connectivity index (χ0) is 22.2. The summed E-state index contributed by atoms with van der Waals surface area (Å²) in [4.78, 5) is 33.2. The Morgan fingerprint density at radius 2 is 1.53 bits per heavy atom. The third-order valence-corrected chi connectivity index (χ3v) is 5.97. The Kier molecular flexibility index (Phi) is 7.28. The molecule has 0 spiro atoms. The van der Waals surface area contributed by atoms with Crippen LogP contribution in [0.5, 0.6) is 0 Å². The van der Waals surface area contributed by atoms with Crippen molar-refractivity contribution in [1.29, 1.82) is 0 Å². The molecule has 32 heavy (non-hydrogen) atoms. The standard InChI is InChI=1S/C27H29N3O2/c31-26(29-23-16-8-3-9-17-23)25(22-14-6-2-7-15-22)30(20-21-12-4-1-5-13-21)27(32)24-18-10-11-19-28-24/h1-2,4-7,10-15,18-19,23,25H,3,8-9,16-17,20H2,(H,29,31)/t25-/m1/s1. The number of hydrogen-bond acceptors (Lipinski definition) is 3. The summed E-state index contributed by atoms with van der Waals surface area (Å²) in [6.07, 6.45) is 7.05. The first kappa shape index (κ1) is 21.8. The number of nitrogens with one attached hydrogen (secondary N) is 1. The van der Waals surface area contributed by atoms with Crippen molar-refractivity contribution in [3.8, 4) is 0 Å². The largest absolute Gasteiger partial charge is 0.351 e. The van der Waals surface area contributed by atoms with Crippen LogP contribution in [0, 0.1) is 0 Å². The molecule has 5 heteroatoms. The summed E-state index contributed by atoms with van der Waals surface area (Å²) >= 11 is 0. The van der Waals surface area contributed by atoms with E-state index in [9.17, 15) is 9.59 Å². The molecule has 1 aliphatic carbocycles. The summed E-state index contributed by atoms with van der Waals surface area (Å²) in [6, 6.07) is 24.0. The zero-order valence-electron chi connectivity index (χ0n) is 18.2. The van der Waals surface area contributed by atoms with Gasteiger partial charge in [-0.15, -0.1) is 0 Å². The number of aromatic nitrogens is 1. The lowest BCUT2D eigenvalue weighted by Gasteiger charge is -2.33. The van der Waals surface area contributed by atoms with Gasteiger partial charge in [-0.2, -0.15) is 0 Å². The summed E-state index contributed by atoms with van der Waals surface area (Å²) in [6.45, 7) is 0.313. The van der Waals surface area contributed by atoms with E-state index in [1.165, 1.54) is 6.42 Å². The van der Waals surface area contributed by atoms with Crippen molar-refractivity contribution in [3.05, 3.63) is 102 Å². The maximum Gasteiger partial charge on any atom is 0.273 e. The topological polar surface area (TPSA) is 62.3 Å². The van der Waals surface area contributed by atoms with Gasteiger partial charge in [-0.25, -0.2) is 0 Å². The van der Waals surface area contributed by atoms with Crippen LogP contribution in [0.4, 0.5) is 0 Å². The Balaban J connectivity index is 1.71. The number of carbonyl (C=O) groups excluding carboxylic acids is 2. The maximum atomic E-state index is 13.7. The van der Waals surface area contributed by atoms with Gasteiger partial charge in [0.15, 0.2) is 0 Å². The summed E-state index contributed by atoms with van der Waals surface area (Å²) in [5.74, 6) is -0.398. The molecule has 2 amide bonds. The highest BCUT2D eigenvalue weighted by Crippen LogP contribution is 2.27. The Morgan fingerprint density at radius 3 is 2.19 bits per heavy atom. The summed E-state index contributed by atoms with van der Waals surface area (Å²) in [5, 5.41) is 3.24. The maximum absolute atomic E-state index is 13.7. The van der Waals surface area contributed by atoms with E-state index in [4.69, 9.17) is 0 Å². The highest BCUT2D eigenvalue weighted by Gasteiger charge is 2.33. The lowest BCUT2D eigenvalue weighted by Crippen LogP contribution is -2.47. The molecule has 0 unspecified atom stereocenters. The molecule has 1 heterocycles. The molecule has 1 N–H and O–H groups in total. The monoisotopic (exact) mass is 427 g/mol. The van der Waals surface area contributed by atoms with Crippen molar-refractivity contribution in [2.45, 2.75) is 50.7 Å². The molecule has 1 aromatic heterocycles. The Hall–Kier alpha value is -3.47. The van der Waals surface area contributed by atoms with E-state index in [2.05, 4.69) is 10.3 Å². The Labute approximate surface area is 189 Å². The molecule has 1 fully saturated rings. The van der Waals surface area contributed by atoms with E-state index in [1.54, 1.807) is 29.3 Å². The fourth-order valence-corrected chi connectivity index (χ4v) is 4.33. The van der Waals surface area contributed by atoms with Gasteiger partial charge in [0.05, 0.1) is 0 Å². The van der Waals surface area contributed by atoms with E-state index in [1.807, 2.05) is 60.7 Å². The molecular formula is C27H29N3O2.